The Balaban J connectivity index is 2.70. The van der Waals surface area contributed by atoms with Crippen LogP contribution in [-0.4, -0.2) is 24.7 Å². The number of carbonyl (C=O) groups excluding carboxylic acids is 1. The third kappa shape index (κ3) is 4.26. The van der Waals surface area contributed by atoms with Gasteiger partial charge in [-0.2, -0.15) is 0 Å². The fourth-order valence-corrected chi connectivity index (χ4v) is 3.70. The van der Waals surface area contributed by atoms with Crippen molar-refractivity contribution in [1.29, 1.82) is 0 Å². The number of amides is 1. The molecule has 26 heavy (non-hydrogen) atoms. The Bertz CT molecular complexity index is 820. The molecule has 1 unspecified atom stereocenters. The van der Waals surface area contributed by atoms with Crippen molar-refractivity contribution in [2.45, 2.75) is 32.0 Å². The number of hydrogen-bond donors (Lipinski definition) is 2. The summed E-state index contributed by atoms with van der Waals surface area (Å²) in [6.45, 7) is 5.61. The molecule has 142 valence electrons. The van der Waals surface area contributed by atoms with E-state index < -0.39 is 37.5 Å². The lowest BCUT2D eigenvalue weighted by Crippen LogP contribution is -2.30. The van der Waals surface area contributed by atoms with Crippen LogP contribution in [0.5, 0.6) is 11.5 Å². The Morgan fingerprint density at radius 1 is 1.38 bits per heavy atom. The Morgan fingerprint density at radius 2 is 2.04 bits per heavy atom. The fourth-order valence-electron chi connectivity index (χ4n) is 2.43. The number of alkyl halides is 1. The number of nitrogens with two attached hydrogens (primary N) is 1. The number of carbonyl (C=O) groups is 1. The summed E-state index contributed by atoms with van der Waals surface area (Å²) in [6, 6.07) is 3.51. The third-order valence-electron chi connectivity index (χ3n) is 3.53. The largest absolute Gasteiger partial charge is 0.539 e. The third-order valence-corrected chi connectivity index (χ3v) is 4.80. The molecule has 1 atom stereocenters. The second kappa shape index (κ2) is 7.79. The van der Waals surface area contributed by atoms with Crippen LogP contribution in [0.4, 0.5) is 8.78 Å². The van der Waals surface area contributed by atoms with E-state index in [1.54, 1.807) is 0 Å². The van der Waals surface area contributed by atoms with E-state index in [1.165, 1.54) is 12.1 Å². The maximum Gasteiger partial charge on any atom is 0.242 e. The molecule has 1 aromatic carbocycles. The van der Waals surface area contributed by atoms with Crippen LogP contribution in [0.25, 0.3) is 11.3 Å². The van der Waals surface area contributed by atoms with Gasteiger partial charge >= 0.3 is 0 Å². The van der Waals surface area contributed by atoms with Crippen molar-refractivity contribution in [3.63, 3.8) is 0 Å². The van der Waals surface area contributed by atoms with Gasteiger partial charge in [0.1, 0.15) is 5.92 Å². The van der Waals surface area contributed by atoms with Crippen LogP contribution in [0.1, 0.15) is 18.1 Å². The number of furan rings is 1. The summed E-state index contributed by atoms with van der Waals surface area (Å²) in [4.78, 5) is 11.9. The van der Waals surface area contributed by atoms with E-state index in [4.69, 9.17) is 14.6 Å². The highest BCUT2D eigenvalue weighted by atomic mass is 79.9. The van der Waals surface area contributed by atoms with Gasteiger partial charge in [-0.1, -0.05) is 22.0 Å². The molecular weight excluding hydrogens is 428 g/mol. The van der Waals surface area contributed by atoms with Crippen LogP contribution in [0.2, 0.25) is 19.6 Å². The first-order valence-corrected chi connectivity index (χ1v) is 12.4. The minimum Gasteiger partial charge on any atom is -0.539 e. The zero-order valence-electron chi connectivity index (χ0n) is 14.6. The van der Waals surface area contributed by atoms with Crippen molar-refractivity contribution in [2.75, 3.05) is 5.33 Å². The molecule has 0 fully saturated rings. The second-order valence-corrected chi connectivity index (χ2v) is 11.9. The maximum atomic E-state index is 14.2. The highest BCUT2D eigenvalue weighted by Gasteiger charge is 2.34. The van der Waals surface area contributed by atoms with Gasteiger partial charge in [0.05, 0.1) is 5.56 Å². The quantitative estimate of drug-likeness (QED) is 0.483. The molecule has 0 radical (unpaired) electrons. The molecule has 1 aromatic heterocycles. The van der Waals surface area contributed by atoms with Crippen LogP contribution < -0.4 is 10.2 Å². The molecule has 0 saturated carbocycles. The fraction of sp³-hybridized carbons (Fsp3) is 0.353. The van der Waals surface area contributed by atoms with Crippen molar-refractivity contribution < 1.29 is 27.5 Å². The summed E-state index contributed by atoms with van der Waals surface area (Å²) >= 11 is 3.24. The first-order chi connectivity index (χ1) is 12.1. The minimum absolute atomic E-state index is 0.00976. The van der Waals surface area contributed by atoms with E-state index in [0.717, 1.165) is 6.07 Å². The minimum atomic E-state index is -2.23. The van der Waals surface area contributed by atoms with E-state index in [9.17, 15) is 18.7 Å². The molecule has 5 nitrogen and oxygen atoms in total. The molecule has 1 heterocycles. The highest BCUT2D eigenvalue weighted by molar-refractivity contribution is 9.09. The van der Waals surface area contributed by atoms with E-state index in [-0.39, 0.29) is 29.3 Å². The first-order valence-electron chi connectivity index (χ1n) is 7.91. The van der Waals surface area contributed by atoms with Gasteiger partial charge in [-0.15, -0.1) is 0 Å². The molecule has 3 N–H and O–H groups in total. The normalized spacial score (nSPS) is 12.8. The average molecular weight is 448 g/mol. The van der Waals surface area contributed by atoms with Crippen molar-refractivity contribution >= 4 is 30.2 Å². The van der Waals surface area contributed by atoms with Crippen molar-refractivity contribution in [3.8, 4) is 22.8 Å². The van der Waals surface area contributed by atoms with E-state index >= 15 is 0 Å². The smallest absolute Gasteiger partial charge is 0.242 e. The van der Waals surface area contributed by atoms with Gasteiger partial charge in [0.15, 0.2) is 28.9 Å². The Morgan fingerprint density at radius 3 is 2.58 bits per heavy atom. The van der Waals surface area contributed by atoms with Gasteiger partial charge in [0.2, 0.25) is 20.0 Å². The van der Waals surface area contributed by atoms with Crippen LogP contribution in [-0.2, 0) is 4.79 Å². The summed E-state index contributed by atoms with van der Waals surface area (Å²) in [5, 5.41) is 11.0. The van der Waals surface area contributed by atoms with Crippen LogP contribution in [0.3, 0.4) is 0 Å². The number of halogens is 3. The molecule has 0 aliphatic heterocycles. The Hall–Kier alpha value is -1.87. The van der Waals surface area contributed by atoms with Crippen LogP contribution in [0, 0.1) is 11.6 Å². The summed E-state index contributed by atoms with van der Waals surface area (Å²) in [5.74, 6) is -4.64. The topological polar surface area (TPSA) is 85.7 Å². The summed E-state index contributed by atoms with van der Waals surface area (Å²) in [7, 11) is -2.23. The average Bonchev–Trinajstić information content (AvgIpc) is 2.83. The molecular formula is C17H20BrF2NO4Si. The Labute approximate surface area is 159 Å². The highest BCUT2D eigenvalue weighted by Crippen LogP contribution is 2.48. The molecule has 1 amide bonds. The number of benzene rings is 1. The zero-order valence-corrected chi connectivity index (χ0v) is 17.2. The Kier molecular flexibility index (Phi) is 6.12. The molecule has 0 aliphatic carbocycles. The van der Waals surface area contributed by atoms with Crippen molar-refractivity contribution in [1.82, 2.24) is 0 Å². The van der Waals surface area contributed by atoms with Gasteiger partial charge in [0.25, 0.3) is 0 Å². The van der Waals surface area contributed by atoms with E-state index in [1.807, 2.05) is 19.6 Å². The molecule has 0 bridgehead atoms. The van der Waals surface area contributed by atoms with Gasteiger partial charge in [-0.3, -0.25) is 4.79 Å². The summed E-state index contributed by atoms with van der Waals surface area (Å²) < 4.78 is 39.2. The molecule has 0 spiro atoms. The van der Waals surface area contributed by atoms with Gasteiger partial charge in [-0.25, -0.2) is 8.78 Å². The number of aromatic hydroxyl groups is 1. The second-order valence-electron chi connectivity index (χ2n) is 6.72. The molecule has 0 saturated heterocycles. The van der Waals surface area contributed by atoms with Crippen molar-refractivity contribution in [3.05, 3.63) is 35.6 Å². The molecule has 2 rings (SSSR count). The number of primary amides is 1. The molecule has 0 aliphatic rings. The van der Waals surface area contributed by atoms with E-state index in [0.29, 0.717) is 5.33 Å². The summed E-state index contributed by atoms with van der Waals surface area (Å²) in [5.41, 5.74) is 5.19. The van der Waals surface area contributed by atoms with Crippen molar-refractivity contribution in [2.24, 2.45) is 5.73 Å². The van der Waals surface area contributed by atoms with E-state index in [2.05, 4.69) is 15.9 Å². The number of hydrogen-bond acceptors (Lipinski definition) is 4. The maximum absolute atomic E-state index is 14.2. The predicted molar refractivity (Wildman–Crippen MR) is 100 cm³/mol. The monoisotopic (exact) mass is 447 g/mol. The van der Waals surface area contributed by atoms with Gasteiger partial charge in [-0.05, 0) is 38.2 Å². The van der Waals surface area contributed by atoms with Crippen LogP contribution >= 0.6 is 15.9 Å². The first kappa shape index (κ1) is 20.4. The lowest BCUT2D eigenvalue weighted by atomic mass is 10.0. The standard InChI is InChI=1S/C17H20BrF2NO4Si/c1-26(2,3)25-16-13(22)14(9-5-4-6-11(19)12(9)20)24-15(16)10(7-8-18)17(21)23/h4-6,10,22H,7-8H2,1-3H3,(H2,21,23). The van der Waals surface area contributed by atoms with Crippen LogP contribution in [0.15, 0.2) is 22.6 Å². The predicted octanol–water partition coefficient (Wildman–Crippen LogP) is 4.50. The number of rotatable bonds is 7. The van der Waals surface area contributed by atoms with Gasteiger partial charge in [0, 0.05) is 5.33 Å². The lowest BCUT2D eigenvalue weighted by molar-refractivity contribution is -0.119. The summed E-state index contributed by atoms with van der Waals surface area (Å²) in [6.07, 6.45) is 0.287. The zero-order chi connectivity index (χ0) is 19.6. The molecule has 9 heteroatoms. The molecule has 2 aromatic rings. The lowest BCUT2D eigenvalue weighted by Gasteiger charge is -2.20. The van der Waals surface area contributed by atoms with Gasteiger partial charge < -0.3 is 19.7 Å². The SMILES string of the molecule is C[Si](C)(C)Oc1c(C(CCBr)C(N)=O)oc(-c2cccc(F)c2F)c1O.